The molecule has 0 fully saturated rings. The van der Waals surface area contributed by atoms with Crippen LogP contribution in [0, 0.1) is 13.8 Å². The van der Waals surface area contributed by atoms with Crippen molar-refractivity contribution in [2.75, 3.05) is 0 Å². The summed E-state index contributed by atoms with van der Waals surface area (Å²) in [5.74, 6) is 0. The smallest absolute Gasteiger partial charge is 0.0720 e. The first-order chi connectivity index (χ1) is 9.72. The average Bonchev–Trinajstić information content (AvgIpc) is 2.47. The number of nitrogens with zero attached hydrogens (tertiary/aromatic N) is 3. The van der Waals surface area contributed by atoms with Crippen molar-refractivity contribution in [2.45, 2.75) is 13.8 Å². The van der Waals surface area contributed by atoms with Crippen LogP contribution in [0.5, 0.6) is 0 Å². The molecular weight excluding hydrogens is 246 g/mol. The molecule has 0 amide bonds. The van der Waals surface area contributed by atoms with E-state index in [0.717, 1.165) is 33.9 Å². The highest BCUT2D eigenvalue weighted by atomic mass is 14.7. The molecule has 3 rings (SSSR count). The molecule has 0 aliphatic carbocycles. The van der Waals surface area contributed by atoms with Crippen molar-refractivity contribution >= 4 is 0 Å². The lowest BCUT2D eigenvalue weighted by Crippen LogP contribution is -1.90. The van der Waals surface area contributed by atoms with Crippen molar-refractivity contribution in [3.05, 3.63) is 66.2 Å². The number of hydrogen-bond acceptors (Lipinski definition) is 3. The predicted octanol–water partition coefficient (Wildman–Crippen LogP) is 3.82. The zero-order chi connectivity index (χ0) is 13.9. The van der Waals surface area contributed by atoms with Gasteiger partial charge in [0.1, 0.15) is 0 Å². The Balaban J connectivity index is 2.06. The number of pyridine rings is 3. The third-order valence-corrected chi connectivity index (χ3v) is 3.11. The maximum Gasteiger partial charge on any atom is 0.0720 e. The van der Waals surface area contributed by atoms with Gasteiger partial charge in [-0.3, -0.25) is 15.0 Å². The van der Waals surface area contributed by atoms with E-state index in [9.17, 15) is 0 Å². The van der Waals surface area contributed by atoms with Crippen molar-refractivity contribution in [2.24, 2.45) is 0 Å². The lowest BCUT2D eigenvalue weighted by atomic mass is 10.1. The van der Waals surface area contributed by atoms with E-state index in [1.807, 2.05) is 62.6 Å². The minimum absolute atomic E-state index is 0.937. The maximum absolute atomic E-state index is 4.54. The number of rotatable bonds is 2. The van der Waals surface area contributed by atoms with Crippen LogP contribution in [-0.2, 0) is 0 Å². The summed E-state index contributed by atoms with van der Waals surface area (Å²) in [6, 6.07) is 14.1. The molecule has 3 aromatic heterocycles. The predicted molar refractivity (Wildman–Crippen MR) is 80.2 cm³/mol. The van der Waals surface area contributed by atoms with E-state index in [-0.39, 0.29) is 0 Å². The molecular formula is C17H15N3. The Morgan fingerprint density at radius 2 is 1.20 bits per heavy atom. The van der Waals surface area contributed by atoms with E-state index in [2.05, 4.69) is 21.0 Å². The molecule has 20 heavy (non-hydrogen) atoms. The van der Waals surface area contributed by atoms with Gasteiger partial charge in [-0.15, -0.1) is 0 Å². The molecule has 3 heteroatoms. The Labute approximate surface area is 118 Å². The van der Waals surface area contributed by atoms with Gasteiger partial charge in [-0.1, -0.05) is 12.1 Å². The van der Waals surface area contributed by atoms with Gasteiger partial charge < -0.3 is 0 Å². The Morgan fingerprint density at radius 3 is 1.65 bits per heavy atom. The van der Waals surface area contributed by atoms with E-state index in [1.165, 1.54) is 0 Å². The second-order valence-corrected chi connectivity index (χ2v) is 4.79. The topological polar surface area (TPSA) is 38.7 Å². The van der Waals surface area contributed by atoms with Gasteiger partial charge >= 0.3 is 0 Å². The minimum Gasteiger partial charge on any atom is -0.263 e. The summed E-state index contributed by atoms with van der Waals surface area (Å²) in [6.45, 7) is 3.98. The Kier molecular flexibility index (Phi) is 3.25. The number of hydrogen-bond donors (Lipinski definition) is 0. The fourth-order valence-electron chi connectivity index (χ4n) is 2.13. The second kappa shape index (κ2) is 5.21. The van der Waals surface area contributed by atoms with Crippen molar-refractivity contribution in [3.8, 4) is 22.5 Å². The molecule has 0 N–H and O–H groups in total. The molecule has 0 saturated heterocycles. The zero-order valence-corrected chi connectivity index (χ0v) is 11.5. The van der Waals surface area contributed by atoms with Crippen LogP contribution < -0.4 is 0 Å². The fraction of sp³-hybridized carbons (Fsp3) is 0.118. The molecule has 0 aliphatic heterocycles. The number of aryl methyl sites for hydroxylation is 2. The van der Waals surface area contributed by atoms with E-state index < -0.39 is 0 Å². The van der Waals surface area contributed by atoms with Crippen molar-refractivity contribution < 1.29 is 0 Å². The Bertz CT molecular complexity index is 690. The summed E-state index contributed by atoms with van der Waals surface area (Å²) in [5, 5.41) is 0. The van der Waals surface area contributed by atoms with Crippen molar-refractivity contribution in [1.82, 2.24) is 15.0 Å². The Morgan fingerprint density at radius 1 is 0.700 bits per heavy atom. The van der Waals surface area contributed by atoms with Crippen molar-refractivity contribution in [1.29, 1.82) is 0 Å². The summed E-state index contributed by atoms with van der Waals surface area (Å²) >= 11 is 0. The largest absolute Gasteiger partial charge is 0.263 e. The molecule has 98 valence electrons. The molecule has 0 bridgehead atoms. The highest BCUT2D eigenvalue weighted by molar-refractivity contribution is 5.67. The van der Waals surface area contributed by atoms with E-state index in [1.54, 1.807) is 0 Å². The van der Waals surface area contributed by atoms with Crippen LogP contribution in [0.1, 0.15) is 11.4 Å². The molecule has 0 spiro atoms. The summed E-state index contributed by atoms with van der Waals surface area (Å²) in [7, 11) is 0. The fourth-order valence-corrected chi connectivity index (χ4v) is 2.13. The maximum atomic E-state index is 4.54. The molecule has 0 radical (unpaired) electrons. The van der Waals surface area contributed by atoms with Crippen LogP contribution in [0.4, 0.5) is 0 Å². The van der Waals surface area contributed by atoms with Crippen LogP contribution >= 0.6 is 0 Å². The highest BCUT2D eigenvalue weighted by Crippen LogP contribution is 2.23. The van der Waals surface area contributed by atoms with Crippen LogP contribution in [0.2, 0.25) is 0 Å². The molecule has 3 aromatic rings. The SMILES string of the molecule is Cc1cccc(-c2cncc(-c3cccc(C)n3)c2)n1. The van der Waals surface area contributed by atoms with Crippen LogP contribution in [0.3, 0.4) is 0 Å². The quantitative estimate of drug-likeness (QED) is 0.704. The van der Waals surface area contributed by atoms with Gasteiger partial charge in [-0.25, -0.2) is 0 Å². The van der Waals surface area contributed by atoms with Crippen LogP contribution in [0.15, 0.2) is 54.9 Å². The average molecular weight is 261 g/mol. The first kappa shape index (κ1) is 12.5. The van der Waals surface area contributed by atoms with Crippen LogP contribution in [0.25, 0.3) is 22.5 Å². The summed E-state index contributed by atoms with van der Waals surface area (Å²) in [5.41, 5.74) is 5.89. The first-order valence-electron chi connectivity index (χ1n) is 6.55. The summed E-state index contributed by atoms with van der Waals surface area (Å²) in [6.07, 6.45) is 3.67. The molecule has 0 aromatic carbocycles. The first-order valence-corrected chi connectivity index (χ1v) is 6.55. The summed E-state index contributed by atoms with van der Waals surface area (Å²) in [4.78, 5) is 13.4. The van der Waals surface area contributed by atoms with Gasteiger partial charge in [-0.05, 0) is 44.2 Å². The molecule has 3 nitrogen and oxygen atoms in total. The molecule has 0 atom stereocenters. The molecule has 0 unspecified atom stereocenters. The molecule has 0 aliphatic rings. The van der Waals surface area contributed by atoms with Gasteiger partial charge in [-0.2, -0.15) is 0 Å². The lowest BCUT2D eigenvalue weighted by Gasteiger charge is -2.05. The molecule has 0 saturated carbocycles. The lowest BCUT2D eigenvalue weighted by molar-refractivity contribution is 1.18. The second-order valence-electron chi connectivity index (χ2n) is 4.79. The van der Waals surface area contributed by atoms with Crippen molar-refractivity contribution in [3.63, 3.8) is 0 Å². The van der Waals surface area contributed by atoms with Gasteiger partial charge in [0.2, 0.25) is 0 Å². The van der Waals surface area contributed by atoms with Gasteiger partial charge in [0.25, 0.3) is 0 Å². The highest BCUT2D eigenvalue weighted by Gasteiger charge is 2.04. The standard InChI is InChI=1S/C17H15N3/c1-12-5-3-7-16(19-12)14-9-15(11-18-10-14)17-8-4-6-13(2)20-17/h3-11H,1-2H3. The van der Waals surface area contributed by atoms with Gasteiger partial charge in [0, 0.05) is 34.9 Å². The molecule has 3 heterocycles. The van der Waals surface area contributed by atoms with E-state index in [0.29, 0.717) is 0 Å². The third kappa shape index (κ3) is 2.57. The Hall–Kier alpha value is -2.55. The summed E-state index contributed by atoms with van der Waals surface area (Å²) < 4.78 is 0. The number of aromatic nitrogens is 3. The van der Waals surface area contributed by atoms with Gasteiger partial charge in [0.05, 0.1) is 11.4 Å². The third-order valence-electron chi connectivity index (χ3n) is 3.11. The zero-order valence-electron chi connectivity index (χ0n) is 11.5. The monoisotopic (exact) mass is 261 g/mol. The minimum atomic E-state index is 0.937. The van der Waals surface area contributed by atoms with E-state index >= 15 is 0 Å². The van der Waals surface area contributed by atoms with Crippen LogP contribution in [-0.4, -0.2) is 15.0 Å². The van der Waals surface area contributed by atoms with E-state index in [4.69, 9.17) is 0 Å². The van der Waals surface area contributed by atoms with Gasteiger partial charge in [0.15, 0.2) is 0 Å². The normalized spacial score (nSPS) is 10.5.